The topological polar surface area (TPSA) is 93.7 Å². The summed E-state index contributed by atoms with van der Waals surface area (Å²) in [7, 11) is 0. The largest absolute Gasteiger partial charge is 0.345 e. The van der Waals surface area contributed by atoms with Crippen LogP contribution in [-0.4, -0.2) is 30.4 Å². The summed E-state index contributed by atoms with van der Waals surface area (Å²) in [6, 6.07) is 15.2. The second-order valence-electron chi connectivity index (χ2n) is 5.83. The van der Waals surface area contributed by atoms with Crippen molar-refractivity contribution < 1.29 is 14.8 Å². The summed E-state index contributed by atoms with van der Waals surface area (Å²) in [5.41, 5.74) is 2.27. The van der Waals surface area contributed by atoms with E-state index in [4.69, 9.17) is 0 Å². The molecule has 4 N–H and O–H groups in total. The first-order valence-corrected chi connectivity index (χ1v) is 8.49. The summed E-state index contributed by atoms with van der Waals surface area (Å²) in [5.74, 6) is 0. The summed E-state index contributed by atoms with van der Waals surface area (Å²) < 4.78 is 0. The van der Waals surface area contributed by atoms with Gasteiger partial charge in [0.1, 0.15) is 0 Å². The van der Waals surface area contributed by atoms with Gasteiger partial charge in [-0.1, -0.05) is 35.9 Å². The van der Waals surface area contributed by atoms with Gasteiger partial charge in [-0.2, -0.15) is 5.06 Å². The van der Waals surface area contributed by atoms with Crippen molar-refractivity contribution in [1.29, 1.82) is 0 Å². The van der Waals surface area contributed by atoms with E-state index in [-0.39, 0.29) is 6.03 Å². The van der Waals surface area contributed by atoms with Gasteiger partial charge < -0.3 is 16.0 Å². The molecule has 26 heavy (non-hydrogen) atoms. The number of benzene rings is 2. The highest BCUT2D eigenvalue weighted by Gasteiger charge is 2.11. The number of carbonyl (C=O) groups is 2. The van der Waals surface area contributed by atoms with E-state index < -0.39 is 6.03 Å². The average Bonchev–Trinajstić information content (AvgIpc) is 2.66. The van der Waals surface area contributed by atoms with Crippen LogP contribution in [-0.2, 0) is 0 Å². The smallest absolute Gasteiger partial charge is 0.338 e. The molecule has 0 atom stereocenters. The first kappa shape index (κ1) is 19.3. The molecular weight excluding hydrogens is 332 g/mol. The number of anilines is 2. The van der Waals surface area contributed by atoms with Crippen LogP contribution in [0.5, 0.6) is 0 Å². The molecule has 0 fully saturated rings. The Hall–Kier alpha value is -3.06. The van der Waals surface area contributed by atoms with Crippen LogP contribution in [0, 0.1) is 6.92 Å². The van der Waals surface area contributed by atoms with Gasteiger partial charge in [-0.05, 0) is 44.0 Å². The van der Waals surface area contributed by atoms with Crippen molar-refractivity contribution in [3.05, 3.63) is 60.2 Å². The van der Waals surface area contributed by atoms with Crippen molar-refractivity contribution in [2.24, 2.45) is 0 Å². The molecule has 0 radical (unpaired) electrons. The molecule has 0 aliphatic heterocycles. The molecule has 0 bridgehead atoms. The molecule has 2 aromatic carbocycles. The highest BCUT2D eigenvalue weighted by atomic mass is 16.5. The summed E-state index contributed by atoms with van der Waals surface area (Å²) >= 11 is 0. The lowest BCUT2D eigenvalue weighted by Gasteiger charge is -2.15. The lowest BCUT2D eigenvalue weighted by molar-refractivity contribution is 0.204. The minimum Gasteiger partial charge on any atom is -0.338 e. The molecule has 138 valence electrons. The number of urea groups is 2. The minimum absolute atomic E-state index is 0.261. The van der Waals surface area contributed by atoms with Crippen LogP contribution in [0.25, 0.3) is 0 Å². The summed E-state index contributed by atoms with van der Waals surface area (Å²) in [6.07, 6.45) is 1.39. The molecule has 0 saturated carbocycles. The Kier molecular flexibility index (Phi) is 7.45. The monoisotopic (exact) mass is 356 g/mol. The Morgan fingerprint density at radius 2 is 1.54 bits per heavy atom. The second-order valence-corrected chi connectivity index (χ2v) is 5.83. The fourth-order valence-electron chi connectivity index (χ4n) is 2.22. The van der Waals surface area contributed by atoms with Crippen LogP contribution >= 0.6 is 0 Å². The van der Waals surface area contributed by atoms with Crippen molar-refractivity contribution in [3.8, 4) is 0 Å². The molecule has 0 unspecified atom stereocenters. The van der Waals surface area contributed by atoms with Gasteiger partial charge >= 0.3 is 12.1 Å². The molecule has 7 heteroatoms. The van der Waals surface area contributed by atoms with E-state index in [0.29, 0.717) is 36.7 Å². The van der Waals surface area contributed by atoms with Gasteiger partial charge in [0.15, 0.2) is 0 Å². The maximum atomic E-state index is 11.8. The molecular formula is C19H24N4O3. The van der Waals surface area contributed by atoms with Crippen LogP contribution < -0.4 is 21.0 Å². The van der Waals surface area contributed by atoms with Crippen LogP contribution in [0.2, 0.25) is 0 Å². The molecule has 0 saturated heterocycles. The Labute approximate surface area is 153 Å². The number of hydrogen-bond donors (Lipinski definition) is 4. The number of hydroxylamine groups is 1. The van der Waals surface area contributed by atoms with Gasteiger partial charge in [-0.3, -0.25) is 5.21 Å². The molecule has 0 spiro atoms. The Morgan fingerprint density at radius 3 is 2.19 bits per heavy atom. The third kappa shape index (κ3) is 6.45. The van der Waals surface area contributed by atoms with Crippen molar-refractivity contribution in [2.45, 2.75) is 19.8 Å². The predicted molar refractivity (Wildman–Crippen MR) is 102 cm³/mol. The van der Waals surface area contributed by atoms with E-state index in [1.165, 1.54) is 0 Å². The first-order valence-electron chi connectivity index (χ1n) is 8.49. The Morgan fingerprint density at radius 1 is 0.923 bits per heavy atom. The zero-order valence-corrected chi connectivity index (χ0v) is 14.7. The first-order chi connectivity index (χ1) is 12.6. The zero-order valence-electron chi connectivity index (χ0n) is 14.7. The third-order valence-electron chi connectivity index (χ3n) is 3.67. The molecule has 2 aromatic rings. The van der Waals surface area contributed by atoms with Gasteiger partial charge in [0.05, 0.1) is 5.69 Å². The minimum atomic E-state index is -0.582. The number of aryl methyl sites for hydroxylation is 1. The number of para-hydroxylation sites is 1. The lowest BCUT2D eigenvalue weighted by Crippen LogP contribution is -2.38. The van der Waals surface area contributed by atoms with E-state index in [1.807, 2.05) is 31.2 Å². The van der Waals surface area contributed by atoms with E-state index in [1.54, 1.807) is 30.3 Å². The number of rotatable bonds is 7. The molecule has 0 aliphatic rings. The normalized spacial score (nSPS) is 10.1. The fourth-order valence-corrected chi connectivity index (χ4v) is 2.22. The van der Waals surface area contributed by atoms with Crippen molar-refractivity contribution >= 4 is 23.4 Å². The van der Waals surface area contributed by atoms with Crippen molar-refractivity contribution in [3.63, 3.8) is 0 Å². The molecule has 7 nitrogen and oxygen atoms in total. The standard InChI is InChI=1S/C19H24N4O3/c1-15-9-11-16(12-10-15)22-18(24)20-13-5-6-14-21-19(25)23(26)17-7-3-2-4-8-17/h2-4,7-12,26H,5-6,13-14H2,1H3,(H,21,25)(H2,20,22,24). The molecule has 0 heterocycles. The Bertz CT molecular complexity index is 704. The van der Waals surface area contributed by atoms with E-state index in [9.17, 15) is 14.8 Å². The molecule has 0 aromatic heterocycles. The summed E-state index contributed by atoms with van der Waals surface area (Å²) in [5, 5.41) is 18.5. The number of hydrogen-bond acceptors (Lipinski definition) is 3. The van der Waals surface area contributed by atoms with E-state index >= 15 is 0 Å². The van der Waals surface area contributed by atoms with Crippen LogP contribution in [0.1, 0.15) is 18.4 Å². The second kappa shape index (κ2) is 10.0. The maximum Gasteiger partial charge on any atom is 0.345 e. The van der Waals surface area contributed by atoms with Crippen molar-refractivity contribution in [2.75, 3.05) is 23.5 Å². The van der Waals surface area contributed by atoms with Gasteiger partial charge in [-0.15, -0.1) is 0 Å². The van der Waals surface area contributed by atoms with Gasteiger partial charge in [0.25, 0.3) is 0 Å². The predicted octanol–water partition coefficient (Wildman–Crippen LogP) is 3.50. The summed E-state index contributed by atoms with van der Waals surface area (Å²) in [4.78, 5) is 23.5. The Balaban J connectivity index is 1.57. The average molecular weight is 356 g/mol. The van der Waals surface area contributed by atoms with Gasteiger partial charge in [-0.25, -0.2) is 9.59 Å². The number of unbranched alkanes of at least 4 members (excludes halogenated alkanes) is 1. The number of nitrogens with zero attached hydrogens (tertiary/aromatic N) is 1. The fraction of sp³-hybridized carbons (Fsp3) is 0.263. The quantitative estimate of drug-likeness (QED) is 0.347. The zero-order chi connectivity index (χ0) is 18.8. The van der Waals surface area contributed by atoms with Crippen molar-refractivity contribution in [1.82, 2.24) is 10.6 Å². The highest BCUT2D eigenvalue weighted by molar-refractivity contribution is 5.89. The molecule has 2 rings (SSSR count). The molecule has 0 aliphatic carbocycles. The SMILES string of the molecule is Cc1ccc(NC(=O)NCCCCNC(=O)N(O)c2ccccc2)cc1. The number of amides is 4. The third-order valence-corrected chi connectivity index (χ3v) is 3.67. The number of carbonyl (C=O) groups excluding carboxylic acids is 2. The van der Waals surface area contributed by atoms with Gasteiger partial charge in [0.2, 0.25) is 0 Å². The van der Waals surface area contributed by atoms with E-state index in [0.717, 1.165) is 11.3 Å². The van der Waals surface area contributed by atoms with E-state index in [2.05, 4.69) is 16.0 Å². The van der Waals surface area contributed by atoms with Crippen LogP contribution in [0.15, 0.2) is 54.6 Å². The lowest BCUT2D eigenvalue weighted by atomic mass is 10.2. The summed E-state index contributed by atoms with van der Waals surface area (Å²) in [6.45, 7) is 2.89. The molecule has 4 amide bonds. The highest BCUT2D eigenvalue weighted by Crippen LogP contribution is 2.10. The van der Waals surface area contributed by atoms with Crippen LogP contribution in [0.3, 0.4) is 0 Å². The van der Waals surface area contributed by atoms with Crippen LogP contribution in [0.4, 0.5) is 21.0 Å². The number of nitrogens with one attached hydrogen (secondary N) is 3. The maximum absolute atomic E-state index is 11.8. The van der Waals surface area contributed by atoms with Gasteiger partial charge in [0, 0.05) is 18.8 Å².